The average Bonchev–Trinajstić information content (AvgIpc) is 2.74. The molecule has 1 atom stereocenters. The first-order chi connectivity index (χ1) is 13.3. The molecule has 4 rings (SSSR count). The largest absolute Gasteiger partial charge is 0.374 e. The summed E-state index contributed by atoms with van der Waals surface area (Å²) >= 11 is 0. The zero-order valence-corrected chi connectivity index (χ0v) is 15.7. The molecule has 0 spiro atoms. The number of benzene rings is 2. The summed E-state index contributed by atoms with van der Waals surface area (Å²) in [5.41, 5.74) is 3.43. The van der Waals surface area contributed by atoms with E-state index in [0.717, 1.165) is 63.3 Å². The smallest absolute Gasteiger partial charge is 0.123 e. The van der Waals surface area contributed by atoms with Crippen LogP contribution in [-0.4, -0.2) is 51.5 Å². The Balaban J connectivity index is 1.31. The number of rotatable bonds is 5. The molecule has 2 aromatic rings. The summed E-state index contributed by atoms with van der Waals surface area (Å²) in [6.45, 7) is 5.75. The Hall–Kier alpha value is -1.95. The Bertz CT molecular complexity index is 723. The van der Waals surface area contributed by atoms with E-state index in [9.17, 15) is 4.39 Å². The van der Waals surface area contributed by atoms with Gasteiger partial charge in [0.1, 0.15) is 5.82 Å². The van der Waals surface area contributed by atoms with Crippen LogP contribution in [0.2, 0.25) is 0 Å². The van der Waals surface area contributed by atoms with E-state index in [0.29, 0.717) is 12.1 Å². The third-order valence-corrected chi connectivity index (χ3v) is 5.52. The molecule has 2 aromatic carbocycles. The van der Waals surface area contributed by atoms with Gasteiger partial charge >= 0.3 is 0 Å². The van der Waals surface area contributed by atoms with Crippen LogP contribution in [0.3, 0.4) is 0 Å². The number of morpholine rings is 1. The van der Waals surface area contributed by atoms with Crippen molar-refractivity contribution < 1.29 is 9.13 Å². The molecule has 5 heteroatoms. The van der Waals surface area contributed by atoms with Gasteiger partial charge in [-0.15, -0.1) is 0 Å². The highest BCUT2D eigenvalue weighted by Gasteiger charge is 2.21. The van der Waals surface area contributed by atoms with Gasteiger partial charge in [-0.1, -0.05) is 24.3 Å². The lowest BCUT2D eigenvalue weighted by molar-refractivity contribution is 0.0271. The SMILES string of the molecule is Fc1ccc(-c2cccc(N3CCC(NCC4CNCCO4)CC3)c2)cc1. The van der Waals surface area contributed by atoms with Gasteiger partial charge in [-0.3, -0.25) is 0 Å². The Kier molecular flexibility index (Phi) is 6.02. The molecule has 2 aliphatic rings. The Morgan fingerprint density at radius 2 is 1.89 bits per heavy atom. The summed E-state index contributed by atoms with van der Waals surface area (Å²) in [5, 5.41) is 7.06. The molecule has 2 heterocycles. The molecule has 2 N–H and O–H groups in total. The fraction of sp³-hybridized carbons (Fsp3) is 0.455. The maximum atomic E-state index is 13.2. The molecular weight excluding hydrogens is 341 g/mol. The van der Waals surface area contributed by atoms with Crippen molar-refractivity contribution in [1.82, 2.24) is 10.6 Å². The van der Waals surface area contributed by atoms with Crippen LogP contribution < -0.4 is 15.5 Å². The van der Waals surface area contributed by atoms with E-state index in [-0.39, 0.29) is 5.82 Å². The van der Waals surface area contributed by atoms with Crippen LogP contribution in [0.5, 0.6) is 0 Å². The van der Waals surface area contributed by atoms with E-state index in [2.05, 4.69) is 39.8 Å². The van der Waals surface area contributed by atoms with E-state index in [1.54, 1.807) is 0 Å². The highest BCUT2D eigenvalue weighted by molar-refractivity contribution is 5.68. The third-order valence-electron chi connectivity index (χ3n) is 5.52. The van der Waals surface area contributed by atoms with Crippen LogP contribution in [0.1, 0.15) is 12.8 Å². The molecule has 2 fully saturated rings. The van der Waals surface area contributed by atoms with Gasteiger partial charge in [0.15, 0.2) is 0 Å². The number of anilines is 1. The van der Waals surface area contributed by atoms with Crippen LogP contribution in [0.15, 0.2) is 48.5 Å². The number of nitrogens with zero attached hydrogens (tertiary/aromatic N) is 1. The maximum absolute atomic E-state index is 13.2. The fourth-order valence-corrected chi connectivity index (χ4v) is 3.92. The van der Waals surface area contributed by atoms with Crippen LogP contribution >= 0.6 is 0 Å². The van der Waals surface area contributed by atoms with Crippen molar-refractivity contribution in [3.63, 3.8) is 0 Å². The summed E-state index contributed by atoms with van der Waals surface area (Å²) in [7, 11) is 0. The molecule has 2 saturated heterocycles. The highest BCUT2D eigenvalue weighted by Crippen LogP contribution is 2.27. The summed E-state index contributed by atoms with van der Waals surface area (Å²) in [6.07, 6.45) is 2.58. The quantitative estimate of drug-likeness (QED) is 0.849. The lowest BCUT2D eigenvalue weighted by atomic mass is 10.0. The van der Waals surface area contributed by atoms with Crippen molar-refractivity contribution in [2.45, 2.75) is 25.0 Å². The van der Waals surface area contributed by atoms with Crippen molar-refractivity contribution in [2.24, 2.45) is 0 Å². The van der Waals surface area contributed by atoms with Crippen LogP contribution in [0.25, 0.3) is 11.1 Å². The van der Waals surface area contributed by atoms with Gasteiger partial charge in [-0.25, -0.2) is 4.39 Å². The van der Waals surface area contributed by atoms with Gasteiger partial charge in [0.05, 0.1) is 12.7 Å². The van der Waals surface area contributed by atoms with Crippen LogP contribution in [-0.2, 0) is 4.74 Å². The normalized spacial score (nSPS) is 21.4. The Morgan fingerprint density at radius 1 is 1.07 bits per heavy atom. The van der Waals surface area contributed by atoms with Gasteiger partial charge in [0.2, 0.25) is 0 Å². The zero-order valence-electron chi connectivity index (χ0n) is 15.7. The van der Waals surface area contributed by atoms with Gasteiger partial charge in [0.25, 0.3) is 0 Å². The lowest BCUT2D eigenvalue weighted by Gasteiger charge is -2.35. The number of ether oxygens (including phenoxy) is 1. The predicted octanol–water partition coefficient (Wildman–Crippen LogP) is 3.04. The number of hydrogen-bond donors (Lipinski definition) is 2. The molecule has 0 radical (unpaired) electrons. The average molecular weight is 369 g/mol. The van der Waals surface area contributed by atoms with Crippen LogP contribution in [0.4, 0.5) is 10.1 Å². The maximum Gasteiger partial charge on any atom is 0.123 e. The van der Waals surface area contributed by atoms with Crippen molar-refractivity contribution in [2.75, 3.05) is 44.2 Å². The van der Waals surface area contributed by atoms with E-state index >= 15 is 0 Å². The standard InChI is InChI=1S/C22H28FN3O/c23-19-6-4-17(5-7-19)18-2-1-3-21(14-18)26-11-8-20(9-12-26)25-16-22-15-24-10-13-27-22/h1-7,14,20,22,24-25H,8-13,15-16H2. The summed E-state index contributed by atoms with van der Waals surface area (Å²) in [4.78, 5) is 2.45. The summed E-state index contributed by atoms with van der Waals surface area (Å²) < 4.78 is 18.9. The first kappa shape index (κ1) is 18.4. The summed E-state index contributed by atoms with van der Waals surface area (Å²) in [6, 6.07) is 15.8. The van der Waals surface area contributed by atoms with E-state index in [1.807, 2.05) is 12.1 Å². The van der Waals surface area contributed by atoms with Crippen molar-refractivity contribution in [1.29, 1.82) is 0 Å². The monoisotopic (exact) mass is 369 g/mol. The molecule has 144 valence electrons. The molecule has 27 heavy (non-hydrogen) atoms. The topological polar surface area (TPSA) is 36.5 Å². The zero-order chi connectivity index (χ0) is 18.5. The van der Waals surface area contributed by atoms with Gasteiger partial charge < -0.3 is 20.3 Å². The first-order valence-corrected chi connectivity index (χ1v) is 9.94. The molecule has 0 saturated carbocycles. The fourth-order valence-electron chi connectivity index (χ4n) is 3.92. The Labute approximate surface area is 160 Å². The van der Waals surface area contributed by atoms with Crippen molar-refractivity contribution in [3.8, 4) is 11.1 Å². The molecule has 0 amide bonds. The molecule has 1 unspecified atom stereocenters. The second-order valence-electron chi connectivity index (χ2n) is 7.42. The number of nitrogens with one attached hydrogen (secondary N) is 2. The highest BCUT2D eigenvalue weighted by atomic mass is 19.1. The minimum absolute atomic E-state index is 0.195. The second-order valence-corrected chi connectivity index (χ2v) is 7.42. The predicted molar refractivity (Wildman–Crippen MR) is 108 cm³/mol. The second kappa shape index (κ2) is 8.83. The van der Waals surface area contributed by atoms with E-state index in [1.165, 1.54) is 17.8 Å². The molecule has 0 aliphatic carbocycles. The number of hydrogen-bond acceptors (Lipinski definition) is 4. The molecule has 0 aromatic heterocycles. The van der Waals surface area contributed by atoms with Gasteiger partial charge in [0, 0.05) is 44.5 Å². The molecular formula is C22H28FN3O. The molecule has 0 bridgehead atoms. The lowest BCUT2D eigenvalue weighted by Crippen LogP contribution is -2.49. The number of piperidine rings is 1. The molecule has 4 nitrogen and oxygen atoms in total. The van der Waals surface area contributed by atoms with Gasteiger partial charge in [-0.05, 0) is 48.2 Å². The van der Waals surface area contributed by atoms with Crippen molar-refractivity contribution in [3.05, 3.63) is 54.3 Å². The minimum atomic E-state index is -0.195. The summed E-state index contributed by atoms with van der Waals surface area (Å²) in [5.74, 6) is -0.195. The van der Waals surface area contributed by atoms with Crippen LogP contribution in [0, 0.1) is 5.82 Å². The van der Waals surface area contributed by atoms with E-state index in [4.69, 9.17) is 4.74 Å². The number of halogens is 1. The van der Waals surface area contributed by atoms with E-state index < -0.39 is 0 Å². The minimum Gasteiger partial charge on any atom is -0.374 e. The Morgan fingerprint density at radius 3 is 2.63 bits per heavy atom. The van der Waals surface area contributed by atoms with Crippen molar-refractivity contribution >= 4 is 5.69 Å². The third kappa shape index (κ3) is 4.86. The first-order valence-electron chi connectivity index (χ1n) is 9.94. The van der Waals surface area contributed by atoms with Gasteiger partial charge in [-0.2, -0.15) is 0 Å². The molecule has 2 aliphatic heterocycles.